The Morgan fingerprint density at radius 1 is 1.27 bits per heavy atom. The first-order valence-corrected chi connectivity index (χ1v) is 7.81. The second-order valence-corrected chi connectivity index (χ2v) is 6.25. The summed E-state index contributed by atoms with van der Waals surface area (Å²) < 4.78 is 1.84. The largest absolute Gasteiger partial charge is 0.477 e. The van der Waals surface area contributed by atoms with E-state index >= 15 is 0 Å². The summed E-state index contributed by atoms with van der Waals surface area (Å²) in [5.41, 5.74) is 1.20. The van der Waals surface area contributed by atoms with Gasteiger partial charge < -0.3 is 9.67 Å². The van der Waals surface area contributed by atoms with Crippen molar-refractivity contribution in [2.75, 3.05) is 0 Å². The number of rotatable bonds is 3. The number of aromatic nitrogens is 1. The van der Waals surface area contributed by atoms with Crippen LogP contribution in [0.5, 0.6) is 0 Å². The summed E-state index contributed by atoms with van der Waals surface area (Å²) in [5.74, 6) is -1.18. The van der Waals surface area contributed by atoms with Gasteiger partial charge in [-0.05, 0) is 19.4 Å². The molecule has 22 heavy (non-hydrogen) atoms. The summed E-state index contributed by atoms with van der Waals surface area (Å²) in [7, 11) is 0. The Bertz CT molecular complexity index is 922. The highest BCUT2D eigenvalue weighted by Gasteiger charge is 2.21. The summed E-state index contributed by atoms with van der Waals surface area (Å²) in [6.45, 7) is 4.52. The highest BCUT2D eigenvalue weighted by atomic mass is 32.1. The average Bonchev–Trinajstić information content (AvgIpc) is 2.86. The van der Waals surface area contributed by atoms with Crippen molar-refractivity contribution in [2.24, 2.45) is 0 Å². The fraction of sp³-hybridized carbons (Fsp3) is 0.176. The summed E-state index contributed by atoms with van der Waals surface area (Å²) in [5, 5.41) is 9.81. The van der Waals surface area contributed by atoms with Crippen LogP contribution in [-0.2, 0) is 6.54 Å². The third kappa shape index (κ3) is 2.14. The number of thiophene rings is 1. The van der Waals surface area contributed by atoms with E-state index < -0.39 is 11.4 Å². The molecule has 2 heterocycles. The number of hydrogen-bond donors (Lipinski definition) is 1. The molecule has 112 valence electrons. The van der Waals surface area contributed by atoms with E-state index in [0.717, 1.165) is 20.8 Å². The maximum Gasteiger partial charge on any atom is 0.341 e. The van der Waals surface area contributed by atoms with Gasteiger partial charge in [-0.3, -0.25) is 4.79 Å². The van der Waals surface area contributed by atoms with Crippen LogP contribution in [0.1, 0.15) is 22.2 Å². The first-order chi connectivity index (χ1) is 10.5. The van der Waals surface area contributed by atoms with Crippen LogP contribution in [0.15, 0.2) is 41.3 Å². The lowest BCUT2D eigenvalue weighted by atomic mass is 10.0. The summed E-state index contributed by atoms with van der Waals surface area (Å²) in [6.07, 6.45) is 1.44. The van der Waals surface area contributed by atoms with E-state index in [2.05, 4.69) is 0 Å². The van der Waals surface area contributed by atoms with Gasteiger partial charge in [-0.2, -0.15) is 0 Å². The molecule has 0 aliphatic heterocycles. The molecular weight excluding hydrogens is 298 g/mol. The molecule has 0 unspecified atom stereocenters. The zero-order valence-corrected chi connectivity index (χ0v) is 13.1. The molecule has 0 amide bonds. The summed E-state index contributed by atoms with van der Waals surface area (Å²) in [4.78, 5) is 25.9. The van der Waals surface area contributed by atoms with Crippen LogP contribution in [0.25, 0.3) is 21.3 Å². The minimum Gasteiger partial charge on any atom is -0.477 e. The first kappa shape index (κ1) is 14.5. The predicted octanol–water partition coefficient (Wildman–Crippen LogP) is 3.76. The van der Waals surface area contributed by atoms with E-state index in [0.29, 0.717) is 11.9 Å². The van der Waals surface area contributed by atoms with Gasteiger partial charge >= 0.3 is 5.97 Å². The molecule has 0 saturated carbocycles. The third-order valence-electron chi connectivity index (χ3n) is 3.72. The second kappa shape index (κ2) is 5.42. The van der Waals surface area contributed by atoms with E-state index in [1.54, 1.807) is 0 Å². The van der Waals surface area contributed by atoms with Crippen molar-refractivity contribution >= 4 is 27.5 Å². The number of carboxylic acid groups (broad SMARTS) is 1. The van der Waals surface area contributed by atoms with E-state index in [1.165, 1.54) is 17.5 Å². The van der Waals surface area contributed by atoms with E-state index in [-0.39, 0.29) is 5.56 Å². The number of pyridine rings is 1. The standard InChI is InChI=1S/C17H15NO3S/c1-3-18-9-12(17(20)21)15(19)14-13(10(2)22-16(14)18)11-7-5-4-6-8-11/h4-9H,3H2,1-2H3,(H,20,21). The van der Waals surface area contributed by atoms with Crippen LogP contribution in [0.2, 0.25) is 0 Å². The van der Waals surface area contributed by atoms with Crippen LogP contribution in [0.3, 0.4) is 0 Å². The quantitative estimate of drug-likeness (QED) is 0.801. The monoisotopic (exact) mass is 313 g/mol. The molecule has 3 rings (SSSR count). The minimum absolute atomic E-state index is 0.177. The Kier molecular flexibility index (Phi) is 3.58. The molecule has 0 radical (unpaired) electrons. The first-order valence-electron chi connectivity index (χ1n) is 6.99. The molecule has 5 heteroatoms. The molecular formula is C17H15NO3S. The zero-order valence-electron chi connectivity index (χ0n) is 12.3. The van der Waals surface area contributed by atoms with Gasteiger partial charge in [0.1, 0.15) is 10.4 Å². The van der Waals surface area contributed by atoms with Crippen molar-refractivity contribution in [1.29, 1.82) is 0 Å². The Labute approximate surface area is 131 Å². The van der Waals surface area contributed by atoms with E-state index in [4.69, 9.17) is 0 Å². The van der Waals surface area contributed by atoms with Crippen molar-refractivity contribution in [1.82, 2.24) is 4.57 Å². The smallest absolute Gasteiger partial charge is 0.341 e. The van der Waals surface area contributed by atoms with Gasteiger partial charge in [-0.1, -0.05) is 30.3 Å². The van der Waals surface area contributed by atoms with Crippen LogP contribution < -0.4 is 5.43 Å². The van der Waals surface area contributed by atoms with Gasteiger partial charge in [0.2, 0.25) is 5.43 Å². The number of aryl methyl sites for hydroxylation is 2. The molecule has 2 aromatic heterocycles. The predicted molar refractivity (Wildman–Crippen MR) is 88.9 cm³/mol. The van der Waals surface area contributed by atoms with Crippen LogP contribution in [0, 0.1) is 6.92 Å². The summed E-state index contributed by atoms with van der Waals surface area (Å²) >= 11 is 1.53. The van der Waals surface area contributed by atoms with Crippen molar-refractivity contribution in [3.05, 3.63) is 57.2 Å². The SMILES string of the molecule is CCn1cc(C(=O)O)c(=O)c2c(-c3ccccc3)c(C)sc21. The number of hydrogen-bond acceptors (Lipinski definition) is 3. The lowest BCUT2D eigenvalue weighted by molar-refractivity contribution is 0.0695. The van der Waals surface area contributed by atoms with Crippen molar-refractivity contribution < 1.29 is 9.90 Å². The third-order valence-corrected chi connectivity index (χ3v) is 4.86. The van der Waals surface area contributed by atoms with Gasteiger partial charge in [0.05, 0.1) is 5.39 Å². The fourth-order valence-corrected chi connectivity index (χ4v) is 3.90. The lowest BCUT2D eigenvalue weighted by Gasteiger charge is -2.07. The molecule has 1 N–H and O–H groups in total. The topological polar surface area (TPSA) is 59.3 Å². The molecule has 0 atom stereocenters. The fourth-order valence-electron chi connectivity index (χ4n) is 2.69. The van der Waals surface area contributed by atoms with Gasteiger partial charge in [0.15, 0.2) is 0 Å². The highest BCUT2D eigenvalue weighted by Crippen LogP contribution is 2.36. The highest BCUT2D eigenvalue weighted by molar-refractivity contribution is 7.19. The Morgan fingerprint density at radius 3 is 2.55 bits per heavy atom. The molecule has 0 bridgehead atoms. The average molecular weight is 313 g/mol. The van der Waals surface area contributed by atoms with Gasteiger partial charge in [-0.25, -0.2) is 4.79 Å². The Hall–Kier alpha value is -2.40. The maximum absolute atomic E-state index is 12.7. The number of nitrogens with zero attached hydrogens (tertiary/aromatic N) is 1. The number of carbonyl (C=O) groups is 1. The molecule has 0 spiro atoms. The van der Waals surface area contributed by atoms with Crippen LogP contribution >= 0.6 is 11.3 Å². The maximum atomic E-state index is 12.7. The molecule has 0 aliphatic carbocycles. The summed E-state index contributed by atoms with van der Waals surface area (Å²) in [6, 6.07) is 9.63. The van der Waals surface area contributed by atoms with Crippen LogP contribution in [0.4, 0.5) is 0 Å². The number of carboxylic acids is 1. The van der Waals surface area contributed by atoms with E-state index in [9.17, 15) is 14.7 Å². The molecule has 0 fully saturated rings. The minimum atomic E-state index is -1.18. The van der Waals surface area contributed by atoms with Crippen LogP contribution in [-0.4, -0.2) is 15.6 Å². The van der Waals surface area contributed by atoms with Crippen molar-refractivity contribution in [3.63, 3.8) is 0 Å². The zero-order chi connectivity index (χ0) is 15.9. The second-order valence-electron chi connectivity index (χ2n) is 5.04. The van der Waals surface area contributed by atoms with Gasteiger partial charge in [0.25, 0.3) is 0 Å². The normalized spacial score (nSPS) is 11.0. The molecule has 0 saturated heterocycles. The van der Waals surface area contributed by atoms with Crippen molar-refractivity contribution in [3.8, 4) is 11.1 Å². The van der Waals surface area contributed by atoms with Gasteiger partial charge in [0, 0.05) is 23.2 Å². The molecule has 4 nitrogen and oxygen atoms in total. The van der Waals surface area contributed by atoms with E-state index in [1.807, 2.05) is 48.7 Å². The van der Waals surface area contributed by atoms with Crippen molar-refractivity contribution in [2.45, 2.75) is 20.4 Å². The molecule has 3 aromatic rings. The Morgan fingerprint density at radius 2 is 1.95 bits per heavy atom. The Balaban J connectivity index is 2.49. The lowest BCUT2D eigenvalue weighted by Crippen LogP contribution is -2.18. The number of aromatic carboxylic acids is 1. The molecule has 1 aromatic carbocycles. The number of benzene rings is 1. The van der Waals surface area contributed by atoms with Gasteiger partial charge in [-0.15, -0.1) is 11.3 Å². The number of fused-ring (bicyclic) bond motifs is 1. The molecule has 0 aliphatic rings.